The van der Waals surface area contributed by atoms with Gasteiger partial charge in [-0.3, -0.25) is 24.1 Å². The number of nitrogens with zero attached hydrogens (tertiary/aromatic N) is 5. The molecule has 7 rings (SSSR count). The van der Waals surface area contributed by atoms with Crippen LogP contribution in [0.3, 0.4) is 0 Å². The third-order valence-electron chi connectivity index (χ3n) is 8.14. The Balaban J connectivity index is 1.41. The Morgan fingerprint density at radius 2 is 1.33 bits per heavy atom. The molecule has 0 fully saturated rings. The lowest BCUT2D eigenvalue weighted by atomic mass is 10.1. The van der Waals surface area contributed by atoms with E-state index in [9.17, 15) is 14.0 Å². The number of pyridine rings is 2. The van der Waals surface area contributed by atoms with Crippen molar-refractivity contribution in [3.8, 4) is 5.75 Å². The molecule has 8 nitrogen and oxygen atoms in total. The minimum absolute atomic E-state index is 0.0496. The van der Waals surface area contributed by atoms with Gasteiger partial charge in [0.2, 0.25) is 0 Å². The number of rotatable bonds is 10. The van der Waals surface area contributed by atoms with Crippen LogP contribution in [0.15, 0.2) is 139 Å². The van der Waals surface area contributed by atoms with Crippen molar-refractivity contribution in [2.45, 2.75) is 26.2 Å². The molecule has 4 aromatic carbocycles. The molecule has 3 heterocycles. The number of amides is 1. The van der Waals surface area contributed by atoms with Crippen molar-refractivity contribution in [3.63, 3.8) is 0 Å². The van der Waals surface area contributed by atoms with Crippen LogP contribution in [0.25, 0.3) is 10.9 Å². The molecule has 0 bridgehead atoms. The fourth-order valence-corrected chi connectivity index (χ4v) is 5.85. The van der Waals surface area contributed by atoms with Crippen molar-refractivity contribution in [1.82, 2.24) is 19.5 Å². The number of fused-ring (bicyclic) bond motifs is 2. The lowest BCUT2D eigenvalue weighted by molar-refractivity contribution is 0.0594. The minimum atomic E-state index is -0.413. The average molecular weight is 638 g/mol. The van der Waals surface area contributed by atoms with E-state index in [2.05, 4.69) is 4.98 Å². The van der Waals surface area contributed by atoms with E-state index < -0.39 is 5.91 Å². The van der Waals surface area contributed by atoms with Gasteiger partial charge in [0, 0.05) is 18.1 Å². The molecule has 238 valence electrons. The molecule has 48 heavy (non-hydrogen) atoms. The van der Waals surface area contributed by atoms with E-state index in [1.54, 1.807) is 24.4 Å². The molecule has 2 aromatic heterocycles. The lowest BCUT2D eigenvalue weighted by Crippen LogP contribution is -2.49. The van der Waals surface area contributed by atoms with Crippen LogP contribution in [-0.4, -0.2) is 37.8 Å². The van der Waals surface area contributed by atoms with Crippen molar-refractivity contribution in [2.24, 2.45) is 5.10 Å². The van der Waals surface area contributed by atoms with Crippen molar-refractivity contribution in [1.29, 1.82) is 0 Å². The topological polar surface area (TPSA) is 80.0 Å². The molecule has 0 atom stereocenters. The molecule has 0 unspecified atom stereocenters. The highest BCUT2D eigenvalue weighted by molar-refractivity contribution is 6.08. The van der Waals surface area contributed by atoms with Crippen molar-refractivity contribution in [2.75, 3.05) is 6.54 Å². The first kappa shape index (κ1) is 30.6. The van der Waals surface area contributed by atoms with Crippen LogP contribution in [0.4, 0.5) is 4.39 Å². The van der Waals surface area contributed by atoms with Crippen molar-refractivity contribution < 1.29 is 18.7 Å². The molecule has 0 aliphatic carbocycles. The molecule has 1 aliphatic heterocycles. The first-order valence-electron chi connectivity index (χ1n) is 15.7. The van der Waals surface area contributed by atoms with E-state index in [-0.39, 0.29) is 42.9 Å². The van der Waals surface area contributed by atoms with Gasteiger partial charge in [0.05, 0.1) is 13.1 Å². The number of halogens is 1. The van der Waals surface area contributed by atoms with Crippen molar-refractivity contribution >= 4 is 22.7 Å². The van der Waals surface area contributed by atoms with Gasteiger partial charge in [-0.1, -0.05) is 103 Å². The summed E-state index contributed by atoms with van der Waals surface area (Å²) < 4.78 is 21.5. The summed E-state index contributed by atoms with van der Waals surface area (Å²) in [6, 6.07) is 39.0. The van der Waals surface area contributed by atoms with E-state index in [0.717, 1.165) is 16.7 Å². The predicted molar refractivity (Wildman–Crippen MR) is 180 cm³/mol. The summed E-state index contributed by atoms with van der Waals surface area (Å²) in [4.78, 5) is 34.8. The number of benzene rings is 4. The highest BCUT2D eigenvalue weighted by atomic mass is 19.1. The molecule has 0 radical (unpaired) electrons. The lowest BCUT2D eigenvalue weighted by Gasteiger charge is -2.31. The SMILES string of the molecule is O=C1c2c(OCc3ccccc3)c3ncccc3/c(=N/N(Cc3ccccc3)Cc3ccccc3)n2C(=O)CN1Cc1ccc(F)cc1. The number of hydrogen-bond acceptors (Lipinski definition) is 6. The van der Waals surface area contributed by atoms with Gasteiger partial charge >= 0.3 is 0 Å². The van der Waals surface area contributed by atoms with Gasteiger partial charge in [-0.15, -0.1) is 0 Å². The summed E-state index contributed by atoms with van der Waals surface area (Å²) in [7, 11) is 0. The van der Waals surface area contributed by atoms with Gasteiger partial charge in [0.1, 0.15) is 24.5 Å². The summed E-state index contributed by atoms with van der Waals surface area (Å²) in [5.41, 5.74) is 4.42. The van der Waals surface area contributed by atoms with Crippen LogP contribution in [0.1, 0.15) is 37.5 Å². The Kier molecular flexibility index (Phi) is 8.74. The smallest absolute Gasteiger partial charge is 0.275 e. The third kappa shape index (κ3) is 6.57. The predicted octanol–water partition coefficient (Wildman–Crippen LogP) is 6.57. The molecular formula is C39H32FN5O3. The number of ether oxygens (including phenoxy) is 1. The molecule has 9 heteroatoms. The Hall–Kier alpha value is -6.09. The quantitative estimate of drug-likeness (QED) is 0.159. The van der Waals surface area contributed by atoms with Crippen LogP contribution in [0.5, 0.6) is 5.75 Å². The van der Waals surface area contributed by atoms with Crippen LogP contribution in [-0.2, 0) is 26.2 Å². The van der Waals surface area contributed by atoms with Gasteiger partial charge in [-0.2, -0.15) is 5.10 Å². The monoisotopic (exact) mass is 637 g/mol. The average Bonchev–Trinajstić information content (AvgIpc) is 3.12. The highest BCUT2D eigenvalue weighted by Crippen LogP contribution is 2.31. The van der Waals surface area contributed by atoms with Crippen LogP contribution < -0.4 is 10.2 Å². The third-order valence-corrected chi connectivity index (χ3v) is 8.14. The van der Waals surface area contributed by atoms with Gasteiger partial charge in [-0.05, 0) is 46.5 Å². The highest BCUT2D eigenvalue weighted by Gasteiger charge is 2.36. The number of carbonyl (C=O) groups excluding carboxylic acids is 2. The van der Waals surface area contributed by atoms with Crippen molar-refractivity contribution in [3.05, 3.63) is 173 Å². The Labute approximate surface area is 277 Å². The summed E-state index contributed by atoms with van der Waals surface area (Å²) in [6.07, 6.45) is 1.63. The van der Waals surface area contributed by atoms with Crippen LogP contribution in [0.2, 0.25) is 0 Å². The number of hydrogen-bond donors (Lipinski definition) is 0. The molecule has 1 amide bonds. The summed E-state index contributed by atoms with van der Waals surface area (Å²) in [5, 5.41) is 7.59. The fourth-order valence-electron chi connectivity index (χ4n) is 5.85. The Morgan fingerprint density at radius 3 is 1.96 bits per heavy atom. The second-order valence-electron chi connectivity index (χ2n) is 11.6. The van der Waals surface area contributed by atoms with Gasteiger partial charge in [0.15, 0.2) is 16.9 Å². The maximum atomic E-state index is 14.4. The van der Waals surface area contributed by atoms with E-state index in [1.165, 1.54) is 21.6 Å². The normalized spacial score (nSPS) is 13.1. The molecule has 0 N–H and O–H groups in total. The maximum absolute atomic E-state index is 14.4. The summed E-state index contributed by atoms with van der Waals surface area (Å²) in [5.74, 6) is -0.936. The van der Waals surface area contributed by atoms with Gasteiger partial charge < -0.3 is 9.64 Å². The zero-order valence-electron chi connectivity index (χ0n) is 26.1. The summed E-state index contributed by atoms with van der Waals surface area (Å²) >= 11 is 0. The van der Waals surface area contributed by atoms with Gasteiger partial charge in [0.25, 0.3) is 11.8 Å². The number of aromatic nitrogens is 2. The van der Waals surface area contributed by atoms with E-state index >= 15 is 0 Å². The first-order valence-corrected chi connectivity index (χ1v) is 15.7. The Bertz CT molecular complexity index is 2100. The molecule has 6 aromatic rings. The fraction of sp³-hybridized carbons (Fsp3) is 0.128. The van der Waals surface area contributed by atoms with E-state index in [0.29, 0.717) is 35.0 Å². The maximum Gasteiger partial charge on any atom is 0.275 e. The zero-order valence-corrected chi connectivity index (χ0v) is 26.1. The second-order valence-corrected chi connectivity index (χ2v) is 11.6. The molecule has 1 aliphatic rings. The standard InChI is InChI=1S/C39H32FN5O3/c40-32-20-18-30(19-21-32)23-43-26-34(46)45-36(39(43)47)37(48-27-31-15-8-3-9-16-31)35-33(17-10-22-41-35)38(45)42-44(24-28-11-4-1-5-12-28)25-29-13-6-2-7-14-29/h1-22H,23-27H2/b42-38-. The largest absolute Gasteiger partial charge is 0.484 e. The Morgan fingerprint density at radius 1 is 0.729 bits per heavy atom. The second kappa shape index (κ2) is 13.7. The zero-order chi connectivity index (χ0) is 32.9. The molecular weight excluding hydrogens is 605 g/mol. The van der Waals surface area contributed by atoms with E-state index in [4.69, 9.17) is 9.84 Å². The summed E-state index contributed by atoms with van der Waals surface area (Å²) in [6.45, 7) is 0.987. The molecule has 0 saturated heterocycles. The van der Waals surface area contributed by atoms with Crippen LogP contribution in [0, 0.1) is 5.82 Å². The first-order chi connectivity index (χ1) is 23.5. The van der Waals surface area contributed by atoms with Crippen LogP contribution >= 0.6 is 0 Å². The number of carbonyl (C=O) groups is 2. The van der Waals surface area contributed by atoms with E-state index in [1.807, 2.05) is 102 Å². The molecule has 0 saturated carbocycles. The minimum Gasteiger partial charge on any atom is -0.484 e. The molecule has 0 spiro atoms. The van der Waals surface area contributed by atoms with Gasteiger partial charge in [-0.25, -0.2) is 4.39 Å².